The number of nitrogens with zero attached hydrogens (tertiary/aromatic N) is 5. The van der Waals surface area contributed by atoms with E-state index in [2.05, 4.69) is 20.4 Å². The maximum absolute atomic E-state index is 5.74. The lowest BCUT2D eigenvalue weighted by Gasteiger charge is -2.22. The van der Waals surface area contributed by atoms with Crippen molar-refractivity contribution < 1.29 is 9.47 Å². The monoisotopic (exact) mass is 352 g/mol. The van der Waals surface area contributed by atoms with Gasteiger partial charge in [-0.15, -0.1) is 10.2 Å². The minimum absolute atomic E-state index is 0.497. The highest BCUT2D eigenvalue weighted by Gasteiger charge is 2.21. The zero-order valence-electron chi connectivity index (χ0n) is 16.0. The summed E-state index contributed by atoms with van der Waals surface area (Å²) in [5.74, 6) is 3.39. The Bertz CT molecular complexity index is 541. The van der Waals surface area contributed by atoms with Gasteiger partial charge in [0.15, 0.2) is 11.8 Å². The molecule has 0 radical (unpaired) electrons. The number of hydrogen-bond donors (Lipinski definition) is 1. The van der Waals surface area contributed by atoms with Gasteiger partial charge in [-0.25, -0.2) is 4.99 Å². The van der Waals surface area contributed by atoms with E-state index in [0.29, 0.717) is 6.54 Å². The van der Waals surface area contributed by atoms with E-state index in [-0.39, 0.29) is 0 Å². The summed E-state index contributed by atoms with van der Waals surface area (Å²) in [6, 6.07) is 0. The first-order valence-corrected chi connectivity index (χ1v) is 9.02. The second-order valence-electron chi connectivity index (χ2n) is 6.58. The minimum Gasteiger partial charge on any atom is -0.385 e. The van der Waals surface area contributed by atoms with E-state index < -0.39 is 0 Å². The number of nitrogens with one attached hydrogen (secondary N) is 1. The lowest BCUT2D eigenvalue weighted by molar-refractivity contribution is 0.115. The molecule has 0 amide bonds. The molecule has 142 valence electrons. The molecule has 1 heterocycles. The van der Waals surface area contributed by atoms with Gasteiger partial charge in [-0.3, -0.25) is 0 Å². The fraction of sp³-hybridized carbons (Fsp3) is 0.824. The minimum atomic E-state index is 0.497. The summed E-state index contributed by atoms with van der Waals surface area (Å²) in [6.07, 6.45) is 3.58. The Morgan fingerprint density at radius 3 is 2.80 bits per heavy atom. The van der Waals surface area contributed by atoms with Gasteiger partial charge in [0.1, 0.15) is 12.4 Å². The van der Waals surface area contributed by atoms with Crippen LogP contribution in [-0.4, -0.2) is 72.7 Å². The van der Waals surface area contributed by atoms with Gasteiger partial charge in [-0.05, 0) is 32.1 Å². The summed E-state index contributed by atoms with van der Waals surface area (Å²) >= 11 is 0. The third-order valence-electron chi connectivity index (χ3n) is 4.34. The first-order chi connectivity index (χ1) is 12.1. The Balaban J connectivity index is 1.85. The highest BCUT2D eigenvalue weighted by atomic mass is 16.5. The van der Waals surface area contributed by atoms with Gasteiger partial charge < -0.3 is 24.3 Å². The van der Waals surface area contributed by atoms with Crippen LogP contribution < -0.4 is 5.32 Å². The van der Waals surface area contributed by atoms with Crippen LogP contribution in [0, 0.1) is 12.8 Å². The van der Waals surface area contributed by atoms with Crippen LogP contribution in [0.1, 0.15) is 30.9 Å². The van der Waals surface area contributed by atoms with Crippen molar-refractivity contribution in [2.45, 2.75) is 32.7 Å². The van der Waals surface area contributed by atoms with Gasteiger partial charge in [0.25, 0.3) is 0 Å². The maximum atomic E-state index is 5.74. The molecule has 0 aliphatic heterocycles. The van der Waals surface area contributed by atoms with E-state index in [1.807, 2.05) is 25.6 Å². The van der Waals surface area contributed by atoms with Crippen LogP contribution >= 0.6 is 0 Å². The van der Waals surface area contributed by atoms with Crippen molar-refractivity contribution in [2.24, 2.45) is 18.0 Å². The number of guanidine groups is 1. The molecule has 1 N–H and O–H groups in total. The van der Waals surface area contributed by atoms with Gasteiger partial charge in [0.05, 0.1) is 6.61 Å². The second-order valence-corrected chi connectivity index (χ2v) is 6.58. The molecule has 1 saturated carbocycles. The van der Waals surface area contributed by atoms with Crippen LogP contribution in [0.25, 0.3) is 0 Å². The molecule has 0 saturated heterocycles. The number of aromatic nitrogens is 3. The SMILES string of the molecule is COCCCNC(=NCc1nnc(C)n1C)N(C)CCOCC1CC1. The summed E-state index contributed by atoms with van der Waals surface area (Å²) in [6.45, 7) is 6.40. The highest BCUT2D eigenvalue weighted by molar-refractivity contribution is 5.79. The first-order valence-electron chi connectivity index (χ1n) is 9.02. The molecule has 1 fully saturated rings. The normalized spacial score (nSPS) is 14.8. The molecule has 0 aromatic carbocycles. The van der Waals surface area contributed by atoms with Crippen LogP contribution in [0.4, 0.5) is 0 Å². The smallest absolute Gasteiger partial charge is 0.194 e. The first kappa shape index (κ1) is 19.7. The zero-order chi connectivity index (χ0) is 18.1. The Morgan fingerprint density at radius 2 is 2.16 bits per heavy atom. The van der Waals surface area contributed by atoms with E-state index in [1.165, 1.54) is 12.8 Å². The predicted molar refractivity (Wildman–Crippen MR) is 97.5 cm³/mol. The van der Waals surface area contributed by atoms with Gasteiger partial charge in [-0.1, -0.05) is 0 Å². The van der Waals surface area contributed by atoms with Crippen molar-refractivity contribution in [3.8, 4) is 0 Å². The Morgan fingerprint density at radius 1 is 1.36 bits per heavy atom. The third kappa shape index (κ3) is 6.99. The molecule has 0 bridgehead atoms. The van der Waals surface area contributed by atoms with E-state index in [4.69, 9.17) is 14.5 Å². The molecule has 2 rings (SSSR count). The number of aliphatic imine (C=N–C) groups is 1. The van der Waals surface area contributed by atoms with Crippen LogP contribution in [0.15, 0.2) is 4.99 Å². The Hall–Kier alpha value is -1.67. The summed E-state index contributed by atoms with van der Waals surface area (Å²) in [5, 5.41) is 11.7. The summed E-state index contributed by atoms with van der Waals surface area (Å²) in [5.41, 5.74) is 0. The topological polar surface area (TPSA) is 76.8 Å². The average molecular weight is 352 g/mol. The molecule has 0 unspecified atom stereocenters. The fourth-order valence-electron chi connectivity index (χ4n) is 2.30. The van der Waals surface area contributed by atoms with Crippen molar-refractivity contribution in [3.05, 3.63) is 11.6 Å². The molecule has 1 aromatic heterocycles. The molecule has 1 aliphatic carbocycles. The Kier molecular flexibility index (Phi) is 8.14. The highest BCUT2D eigenvalue weighted by Crippen LogP contribution is 2.28. The van der Waals surface area contributed by atoms with Crippen LogP contribution in [-0.2, 0) is 23.1 Å². The molecule has 1 aliphatic rings. The van der Waals surface area contributed by atoms with Crippen molar-refractivity contribution in [3.63, 3.8) is 0 Å². The van der Waals surface area contributed by atoms with Crippen LogP contribution in [0.3, 0.4) is 0 Å². The van der Waals surface area contributed by atoms with Crippen LogP contribution in [0.5, 0.6) is 0 Å². The van der Waals surface area contributed by atoms with E-state index >= 15 is 0 Å². The van der Waals surface area contributed by atoms with Gasteiger partial charge in [0.2, 0.25) is 0 Å². The number of rotatable bonds is 11. The van der Waals surface area contributed by atoms with Crippen molar-refractivity contribution in [1.82, 2.24) is 25.0 Å². The Labute approximate surface area is 150 Å². The largest absolute Gasteiger partial charge is 0.385 e. The summed E-state index contributed by atoms with van der Waals surface area (Å²) < 4.78 is 12.8. The van der Waals surface area contributed by atoms with Gasteiger partial charge in [-0.2, -0.15) is 0 Å². The molecule has 8 nitrogen and oxygen atoms in total. The lowest BCUT2D eigenvalue weighted by Crippen LogP contribution is -2.41. The number of aryl methyl sites for hydroxylation is 1. The second kappa shape index (κ2) is 10.4. The summed E-state index contributed by atoms with van der Waals surface area (Å²) in [7, 11) is 5.71. The predicted octanol–water partition coefficient (Wildman–Crippen LogP) is 0.964. The fourth-order valence-corrected chi connectivity index (χ4v) is 2.30. The van der Waals surface area contributed by atoms with E-state index in [1.54, 1.807) is 7.11 Å². The summed E-state index contributed by atoms with van der Waals surface area (Å²) in [4.78, 5) is 6.80. The molecule has 8 heteroatoms. The van der Waals surface area contributed by atoms with Gasteiger partial charge >= 0.3 is 0 Å². The quantitative estimate of drug-likeness (QED) is 0.363. The number of likely N-dealkylation sites (N-methyl/N-ethyl adjacent to an activating group) is 1. The number of hydrogen-bond acceptors (Lipinski definition) is 5. The standard InChI is InChI=1S/C17H32N6O2/c1-14-20-21-16(23(14)3)12-19-17(18-8-5-10-24-4)22(2)9-11-25-13-15-6-7-15/h15H,5-13H2,1-4H3,(H,18,19). The molecule has 1 aromatic rings. The van der Waals surface area contributed by atoms with Crippen LogP contribution in [0.2, 0.25) is 0 Å². The molecule has 0 spiro atoms. The van der Waals surface area contributed by atoms with E-state index in [0.717, 1.165) is 62.9 Å². The number of methoxy groups -OCH3 is 1. The van der Waals surface area contributed by atoms with Crippen molar-refractivity contribution in [2.75, 3.05) is 47.1 Å². The molecule has 0 atom stereocenters. The van der Waals surface area contributed by atoms with E-state index in [9.17, 15) is 0 Å². The van der Waals surface area contributed by atoms with Gasteiger partial charge in [0, 0.05) is 47.5 Å². The average Bonchev–Trinajstić information content (AvgIpc) is 3.38. The van der Waals surface area contributed by atoms with Crippen molar-refractivity contribution >= 4 is 5.96 Å². The molecular weight excluding hydrogens is 320 g/mol. The number of ether oxygens (including phenoxy) is 2. The van der Waals surface area contributed by atoms with Crippen molar-refractivity contribution in [1.29, 1.82) is 0 Å². The molecular formula is C17H32N6O2. The zero-order valence-corrected chi connectivity index (χ0v) is 16.0. The third-order valence-corrected chi connectivity index (χ3v) is 4.34. The molecule has 25 heavy (non-hydrogen) atoms. The maximum Gasteiger partial charge on any atom is 0.194 e. The lowest BCUT2D eigenvalue weighted by atomic mass is 10.4.